The Morgan fingerprint density at radius 2 is 1.61 bits per heavy atom. The summed E-state index contributed by atoms with van der Waals surface area (Å²) in [6, 6.07) is 28.0. The SMILES string of the molecule is CCc1cc2c3c(c1)-n1c4c(cccc4n4c5ccccc5c(C)c14)B3c1ccc(C(C)(C)C)cc1-2. The highest BCUT2D eigenvalue weighted by Crippen LogP contribution is 2.39. The van der Waals surface area contributed by atoms with Crippen LogP contribution in [0.4, 0.5) is 0 Å². The summed E-state index contributed by atoms with van der Waals surface area (Å²) in [5.41, 5.74) is 18.2. The van der Waals surface area contributed by atoms with Crippen LogP contribution in [-0.4, -0.2) is 15.7 Å². The first-order valence-electron chi connectivity index (χ1n) is 13.2. The highest BCUT2D eigenvalue weighted by molar-refractivity contribution is 7.01. The topological polar surface area (TPSA) is 9.34 Å². The summed E-state index contributed by atoms with van der Waals surface area (Å²) in [6.45, 7) is 11.8. The Morgan fingerprint density at radius 1 is 0.806 bits per heavy atom. The van der Waals surface area contributed by atoms with Gasteiger partial charge in [0.05, 0.1) is 16.6 Å². The molecule has 6 aromatic rings. The van der Waals surface area contributed by atoms with Gasteiger partial charge in [0.1, 0.15) is 5.65 Å². The van der Waals surface area contributed by atoms with Gasteiger partial charge in [-0.3, -0.25) is 8.97 Å². The molecule has 4 heterocycles. The molecule has 0 atom stereocenters. The molecule has 0 saturated heterocycles. The van der Waals surface area contributed by atoms with Crippen molar-refractivity contribution in [1.82, 2.24) is 8.97 Å². The molecule has 36 heavy (non-hydrogen) atoms. The molecule has 0 N–H and O–H groups in total. The predicted octanol–water partition coefficient (Wildman–Crippen LogP) is 6.01. The maximum atomic E-state index is 2.59. The summed E-state index contributed by atoms with van der Waals surface area (Å²) in [6.07, 6.45) is 1.03. The standard InChI is InChI=1S/C33H29BN2/c1-6-20-16-24-23-18-21(33(3,4)5)14-15-25(23)34-26-11-9-13-28-31(26)36(29(17-20)30(24)34)32-19(2)22-10-7-8-12-27(22)35(28)32/h7-18H,6H2,1-5H3. The Bertz CT molecular complexity index is 1930. The van der Waals surface area contributed by atoms with Crippen molar-refractivity contribution in [1.29, 1.82) is 0 Å². The highest BCUT2D eigenvalue weighted by atomic mass is 15.1. The van der Waals surface area contributed by atoms with Gasteiger partial charge in [0.15, 0.2) is 0 Å². The van der Waals surface area contributed by atoms with E-state index in [1.165, 1.54) is 77.5 Å². The number of para-hydroxylation sites is 2. The molecule has 0 unspecified atom stereocenters. The van der Waals surface area contributed by atoms with Crippen molar-refractivity contribution >= 4 is 50.7 Å². The summed E-state index contributed by atoms with van der Waals surface area (Å²) in [5.74, 6) is 0. The van der Waals surface area contributed by atoms with Gasteiger partial charge in [-0.25, -0.2) is 0 Å². The van der Waals surface area contributed by atoms with Crippen molar-refractivity contribution in [3.05, 3.63) is 89.5 Å². The molecule has 0 spiro atoms. The number of benzene rings is 4. The summed E-state index contributed by atoms with van der Waals surface area (Å²) in [7, 11) is 0. The van der Waals surface area contributed by atoms with Crippen LogP contribution in [0.3, 0.4) is 0 Å². The molecular weight excluding hydrogens is 435 g/mol. The van der Waals surface area contributed by atoms with E-state index in [1.54, 1.807) is 0 Å². The van der Waals surface area contributed by atoms with Crippen LogP contribution >= 0.6 is 0 Å². The lowest BCUT2D eigenvalue weighted by atomic mass is 9.37. The van der Waals surface area contributed by atoms with Gasteiger partial charge >= 0.3 is 0 Å². The van der Waals surface area contributed by atoms with Crippen LogP contribution in [0.2, 0.25) is 0 Å². The molecule has 0 radical (unpaired) electrons. The first-order chi connectivity index (χ1) is 17.4. The minimum Gasteiger partial charge on any atom is -0.295 e. The number of nitrogens with zero attached hydrogens (tertiary/aromatic N) is 2. The van der Waals surface area contributed by atoms with Crippen molar-refractivity contribution in [2.45, 2.75) is 46.5 Å². The highest BCUT2D eigenvalue weighted by Gasteiger charge is 2.42. The quantitative estimate of drug-likeness (QED) is 0.263. The van der Waals surface area contributed by atoms with E-state index in [-0.39, 0.29) is 12.1 Å². The summed E-state index contributed by atoms with van der Waals surface area (Å²) in [4.78, 5) is 0. The van der Waals surface area contributed by atoms with Gasteiger partial charge in [-0.15, -0.1) is 0 Å². The zero-order chi connectivity index (χ0) is 24.5. The van der Waals surface area contributed by atoms with E-state index in [1.807, 2.05) is 0 Å². The van der Waals surface area contributed by atoms with Gasteiger partial charge < -0.3 is 0 Å². The van der Waals surface area contributed by atoms with Crippen molar-refractivity contribution in [2.24, 2.45) is 0 Å². The second-order valence-electron chi connectivity index (χ2n) is 11.8. The van der Waals surface area contributed by atoms with Gasteiger partial charge in [0.2, 0.25) is 6.71 Å². The zero-order valence-corrected chi connectivity index (χ0v) is 21.6. The Balaban J connectivity index is 1.59. The van der Waals surface area contributed by atoms with Crippen LogP contribution in [0, 0.1) is 6.92 Å². The molecule has 8 rings (SSSR count). The molecule has 2 aromatic heterocycles. The molecule has 2 aliphatic heterocycles. The molecule has 2 nitrogen and oxygen atoms in total. The lowest BCUT2D eigenvalue weighted by Gasteiger charge is -2.25. The third-order valence-electron chi connectivity index (χ3n) is 8.81. The number of imidazole rings is 1. The molecule has 3 heteroatoms. The van der Waals surface area contributed by atoms with Gasteiger partial charge in [-0.05, 0) is 70.1 Å². The molecule has 174 valence electrons. The van der Waals surface area contributed by atoms with Crippen molar-refractivity contribution in [3.8, 4) is 16.8 Å². The molecule has 0 saturated carbocycles. The fraction of sp³-hybridized carbons (Fsp3) is 0.212. The fourth-order valence-electron chi connectivity index (χ4n) is 7.04. The minimum absolute atomic E-state index is 0.124. The van der Waals surface area contributed by atoms with Crippen molar-refractivity contribution in [2.75, 3.05) is 0 Å². The third-order valence-corrected chi connectivity index (χ3v) is 8.81. The monoisotopic (exact) mass is 464 g/mol. The summed E-state index contributed by atoms with van der Waals surface area (Å²) < 4.78 is 5.09. The second-order valence-corrected chi connectivity index (χ2v) is 11.8. The molecule has 2 aliphatic rings. The van der Waals surface area contributed by atoms with E-state index in [9.17, 15) is 0 Å². The number of hydrogen-bond donors (Lipinski definition) is 0. The summed E-state index contributed by atoms with van der Waals surface area (Å²) >= 11 is 0. The molecule has 4 aromatic carbocycles. The Labute approximate surface area is 212 Å². The average molecular weight is 464 g/mol. The van der Waals surface area contributed by atoms with E-state index in [0.717, 1.165) is 6.42 Å². The molecule has 0 aliphatic carbocycles. The maximum Gasteiger partial charge on any atom is 0.248 e. The van der Waals surface area contributed by atoms with Gasteiger partial charge in [0, 0.05) is 16.6 Å². The molecule has 0 bridgehead atoms. The lowest BCUT2D eigenvalue weighted by molar-refractivity contribution is 0.590. The Morgan fingerprint density at radius 3 is 2.42 bits per heavy atom. The largest absolute Gasteiger partial charge is 0.295 e. The Kier molecular flexibility index (Phi) is 3.71. The normalized spacial score (nSPS) is 13.8. The number of rotatable bonds is 1. The van der Waals surface area contributed by atoms with Crippen LogP contribution in [0.25, 0.3) is 44.4 Å². The zero-order valence-electron chi connectivity index (χ0n) is 21.6. The summed E-state index contributed by atoms with van der Waals surface area (Å²) in [5, 5.41) is 1.34. The van der Waals surface area contributed by atoms with Gasteiger partial charge in [-0.2, -0.15) is 0 Å². The van der Waals surface area contributed by atoms with Crippen molar-refractivity contribution in [3.63, 3.8) is 0 Å². The second kappa shape index (κ2) is 6.53. The number of aromatic nitrogens is 2. The molecule has 0 fully saturated rings. The van der Waals surface area contributed by atoms with E-state index in [0.29, 0.717) is 0 Å². The lowest BCUT2D eigenvalue weighted by Crippen LogP contribution is -2.53. The minimum atomic E-state index is 0.124. The fourth-order valence-corrected chi connectivity index (χ4v) is 7.04. The third kappa shape index (κ3) is 2.30. The smallest absolute Gasteiger partial charge is 0.248 e. The first-order valence-corrected chi connectivity index (χ1v) is 13.2. The molecule has 0 amide bonds. The van der Waals surface area contributed by atoms with E-state index >= 15 is 0 Å². The predicted molar refractivity (Wildman–Crippen MR) is 155 cm³/mol. The van der Waals surface area contributed by atoms with Crippen LogP contribution in [0.15, 0.2) is 72.8 Å². The van der Waals surface area contributed by atoms with Crippen LogP contribution in [0.5, 0.6) is 0 Å². The van der Waals surface area contributed by atoms with E-state index < -0.39 is 0 Å². The first kappa shape index (κ1) is 20.5. The van der Waals surface area contributed by atoms with E-state index in [2.05, 4.69) is 116 Å². The van der Waals surface area contributed by atoms with Gasteiger partial charge in [-0.1, -0.05) is 87.8 Å². The van der Waals surface area contributed by atoms with Crippen molar-refractivity contribution < 1.29 is 0 Å². The number of fused-ring (bicyclic) bond motifs is 10. The van der Waals surface area contributed by atoms with Gasteiger partial charge in [0.25, 0.3) is 0 Å². The van der Waals surface area contributed by atoms with E-state index in [4.69, 9.17) is 0 Å². The molecular formula is C33H29BN2. The number of aryl methyl sites for hydroxylation is 2. The van der Waals surface area contributed by atoms with Crippen LogP contribution in [-0.2, 0) is 11.8 Å². The van der Waals surface area contributed by atoms with Crippen LogP contribution in [0.1, 0.15) is 44.4 Å². The Hall–Kier alpha value is -3.72. The average Bonchev–Trinajstić information content (AvgIpc) is 3.50. The number of hydrogen-bond acceptors (Lipinski definition) is 0. The maximum absolute atomic E-state index is 2.59. The van der Waals surface area contributed by atoms with Crippen LogP contribution < -0.4 is 16.4 Å².